The molecule has 0 aromatic carbocycles. The van der Waals surface area contributed by atoms with Crippen molar-refractivity contribution in [2.75, 3.05) is 11.9 Å². The van der Waals surface area contributed by atoms with Crippen LogP contribution in [0.1, 0.15) is 50.5 Å². The molecule has 18 heavy (non-hydrogen) atoms. The highest BCUT2D eigenvalue weighted by Crippen LogP contribution is 2.03. The summed E-state index contributed by atoms with van der Waals surface area (Å²) >= 11 is 0. The highest BCUT2D eigenvalue weighted by molar-refractivity contribution is 5.92. The summed E-state index contributed by atoms with van der Waals surface area (Å²) in [7, 11) is 0. The van der Waals surface area contributed by atoms with Gasteiger partial charge in [-0.15, -0.1) is 0 Å². The van der Waals surface area contributed by atoms with Crippen LogP contribution in [-0.4, -0.2) is 28.5 Å². The molecule has 0 aliphatic heterocycles. The Kier molecular flexibility index (Phi) is 6.11. The lowest BCUT2D eigenvalue weighted by Gasteiger charge is -2.14. The van der Waals surface area contributed by atoms with Crippen molar-refractivity contribution in [1.82, 2.24) is 15.3 Å². The molecule has 1 rings (SSSR count). The molecule has 0 fully saturated rings. The average Bonchev–Trinajstić information content (AvgIpc) is 2.42. The fourth-order valence-corrected chi connectivity index (χ4v) is 1.54. The van der Waals surface area contributed by atoms with Crippen molar-refractivity contribution in [2.45, 2.75) is 46.1 Å². The Morgan fingerprint density at radius 1 is 1.22 bits per heavy atom. The van der Waals surface area contributed by atoms with E-state index in [1.165, 1.54) is 6.20 Å². The van der Waals surface area contributed by atoms with Gasteiger partial charge in [0.2, 0.25) is 0 Å². The topological polar surface area (TPSA) is 66.9 Å². The van der Waals surface area contributed by atoms with E-state index in [0.29, 0.717) is 11.5 Å². The van der Waals surface area contributed by atoms with Crippen LogP contribution in [0, 0.1) is 0 Å². The summed E-state index contributed by atoms with van der Waals surface area (Å²) in [6, 6.07) is 0.206. The molecule has 0 bridgehead atoms. The van der Waals surface area contributed by atoms with E-state index in [1.807, 2.05) is 0 Å². The van der Waals surface area contributed by atoms with Crippen LogP contribution in [0.5, 0.6) is 0 Å². The zero-order valence-electron chi connectivity index (χ0n) is 11.4. The Bertz CT molecular complexity index is 360. The normalized spacial score (nSPS) is 10.4. The number of amides is 1. The minimum Gasteiger partial charge on any atom is -0.369 e. The predicted molar refractivity (Wildman–Crippen MR) is 72.6 cm³/mol. The molecule has 0 unspecified atom stereocenters. The lowest BCUT2D eigenvalue weighted by molar-refractivity contribution is 0.0929. The van der Waals surface area contributed by atoms with Gasteiger partial charge in [-0.3, -0.25) is 4.79 Å². The van der Waals surface area contributed by atoms with Crippen LogP contribution in [0.4, 0.5) is 5.82 Å². The molecule has 0 atom stereocenters. The summed E-state index contributed by atoms with van der Waals surface area (Å²) in [4.78, 5) is 20.1. The Balaban J connectivity index is 2.58. The molecule has 1 heterocycles. The average molecular weight is 250 g/mol. The summed E-state index contributed by atoms with van der Waals surface area (Å²) in [6.45, 7) is 7.04. The van der Waals surface area contributed by atoms with Crippen LogP contribution in [0.2, 0.25) is 0 Å². The second-order valence-electron chi connectivity index (χ2n) is 4.20. The van der Waals surface area contributed by atoms with Crippen molar-refractivity contribution < 1.29 is 4.79 Å². The number of nitrogens with one attached hydrogen (secondary N) is 2. The Morgan fingerprint density at radius 2 is 1.94 bits per heavy atom. The first-order valence-electron chi connectivity index (χ1n) is 6.58. The summed E-state index contributed by atoms with van der Waals surface area (Å²) in [6.07, 6.45) is 5.98. The maximum atomic E-state index is 11.9. The summed E-state index contributed by atoms with van der Waals surface area (Å²) in [5, 5.41) is 6.05. The van der Waals surface area contributed by atoms with Crippen LogP contribution >= 0.6 is 0 Å². The molecular weight excluding hydrogens is 228 g/mol. The van der Waals surface area contributed by atoms with E-state index in [9.17, 15) is 4.79 Å². The fourth-order valence-electron chi connectivity index (χ4n) is 1.54. The van der Waals surface area contributed by atoms with E-state index in [-0.39, 0.29) is 11.9 Å². The summed E-state index contributed by atoms with van der Waals surface area (Å²) in [5.74, 6) is 0.550. The third-order valence-corrected chi connectivity index (χ3v) is 2.76. The molecule has 2 N–H and O–H groups in total. The number of hydrogen-bond acceptors (Lipinski definition) is 4. The van der Waals surface area contributed by atoms with E-state index in [0.717, 1.165) is 25.8 Å². The van der Waals surface area contributed by atoms with Crippen LogP contribution in [0.25, 0.3) is 0 Å². The first-order chi connectivity index (χ1) is 8.71. The van der Waals surface area contributed by atoms with Gasteiger partial charge in [0.15, 0.2) is 0 Å². The Morgan fingerprint density at radius 3 is 2.44 bits per heavy atom. The van der Waals surface area contributed by atoms with Gasteiger partial charge in [0.25, 0.3) is 5.91 Å². The van der Waals surface area contributed by atoms with Gasteiger partial charge in [-0.2, -0.15) is 0 Å². The fraction of sp³-hybridized carbons (Fsp3) is 0.615. The highest BCUT2D eigenvalue weighted by atomic mass is 16.1. The van der Waals surface area contributed by atoms with E-state index in [1.54, 1.807) is 6.20 Å². The van der Waals surface area contributed by atoms with Gasteiger partial charge in [-0.1, -0.05) is 20.8 Å². The van der Waals surface area contributed by atoms with Gasteiger partial charge in [0.1, 0.15) is 11.5 Å². The second kappa shape index (κ2) is 7.63. The van der Waals surface area contributed by atoms with Crippen molar-refractivity contribution in [3.05, 3.63) is 18.1 Å². The van der Waals surface area contributed by atoms with Gasteiger partial charge >= 0.3 is 0 Å². The summed E-state index contributed by atoms with van der Waals surface area (Å²) < 4.78 is 0. The third kappa shape index (κ3) is 4.31. The van der Waals surface area contributed by atoms with Crippen molar-refractivity contribution in [3.63, 3.8) is 0 Å². The molecule has 0 spiro atoms. The third-order valence-electron chi connectivity index (χ3n) is 2.76. The molecule has 5 heteroatoms. The van der Waals surface area contributed by atoms with Crippen LogP contribution in [-0.2, 0) is 0 Å². The summed E-state index contributed by atoms with van der Waals surface area (Å²) in [5.41, 5.74) is 0.365. The second-order valence-corrected chi connectivity index (χ2v) is 4.20. The molecular formula is C13H22N4O. The van der Waals surface area contributed by atoms with Crippen LogP contribution < -0.4 is 10.6 Å². The van der Waals surface area contributed by atoms with Gasteiger partial charge in [-0.05, 0) is 19.3 Å². The molecule has 0 saturated heterocycles. The van der Waals surface area contributed by atoms with Crippen LogP contribution in [0.3, 0.4) is 0 Å². The molecule has 1 aromatic heterocycles. The lowest BCUT2D eigenvalue weighted by atomic mass is 10.1. The molecule has 100 valence electrons. The monoisotopic (exact) mass is 250 g/mol. The van der Waals surface area contributed by atoms with E-state index < -0.39 is 0 Å². The molecule has 5 nitrogen and oxygen atoms in total. The minimum absolute atomic E-state index is 0.154. The number of carbonyl (C=O) groups is 1. The number of hydrogen-bond donors (Lipinski definition) is 2. The maximum absolute atomic E-state index is 11.9. The zero-order valence-corrected chi connectivity index (χ0v) is 11.4. The smallest absolute Gasteiger partial charge is 0.271 e. The largest absolute Gasteiger partial charge is 0.369 e. The molecule has 0 radical (unpaired) electrons. The molecule has 0 aliphatic carbocycles. The Labute approximate surface area is 108 Å². The number of carbonyl (C=O) groups excluding carboxylic acids is 1. The number of aromatic nitrogens is 2. The van der Waals surface area contributed by atoms with Crippen LogP contribution in [0.15, 0.2) is 12.4 Å². The van der Waals surface area contributed by atoms with Gasteiger partial charge in [0, 0.05) is 12.6 Å². The number of nitrogens with zero attached hydrogens (tertiary/aromatic N) is 2. The SMILES string of the molecule is CCCNc1cnc(C(=O)NC(CC)CC)cn1. The van der Waals surface area contributed by atoms with Crippen molar-refractivity contribution >= 4 is 11.7 Å². The molecule has 1 amide bonds. The number of rotatable bonds is 7. The first-order valence-corrected chi connectivity index (χ1v) is 6.58. The quantitative estimate of drug-likeness (QED) is 0.778. The number of anilines is 1. The first kappa shape index (κ1) is 14.4. The molecule has 0 saturated carbocycles. The minimum atomic E-state index is -0.154. The van der Waals surface area contributed by atoms with Crippen molar-refractivity contribution in [2.24, 2.45) is 0 Å². The van der Waals surface area contributed by atoms with E-state index in [4.69, 9.17) is 0 Å². The van der Waals surface area contributed by atoms with E-state index in [2.05, 4.69) is 41.4 Å². The highest BCUT2D eigenvalue weighted by Gasteiger charge is 2.11. The Hall–Kier alpha value is -1.65. The van der Waals surface area contributed by atoms with Crippen molar-refractivity contribution in [1.29, 1.82) is 0 Å². The van der Waals surface area contributed by atoms with Crippen molar-refractivity contribution in [3.8, 4) is 0 Å². The van der Waals surface area contributed by atoms with Gasteiger partial charge in [-0.25, -0.2) is 9.97 Å². The lowest BCUT2D eigenvalue weighted by Crippen LogP contribution is -2.34. The van der Waals surface area contributed by atoms with Gasteiger partial charge in [0.05, 0.1) is 12.4 Å². The maximum Gasteiger partial charge on any atom is 0.271 e. The standard InChI is InChI=1S/C13H22N4O/c1-4-7-14-12-9-15-11(8-16-12)13(18)17-10(5-2)6-3/h8-10H,4-7H2,1-3H3,(H,14,16)(H,17,18). The van der Waals surface area contributed by atoms with E-state index >= 15 is 0 Å². The zero-order chi connectivity index (χ0) is 13.4. The molecule has 0 aliphatic rings. The molecule has 1 aromatic rings. The predicted octanol–water partition coefficient (Wildman–Crippen LogP) is 2.22. The van der Waals surface area contributed by atoms with Gasteiger partial charge < -0.3 is 10.6 Å².